The lowest BCUT2D eigenvalue weighted by molar-refractivity contribution is -0.0591. The van der Waals surface area contributed by atoms with Crippen molar-refractivity contribution in [1.82, 2.24) is 0 Å². The topological polar surface area (TPSA) is 55.5 Å². The highest BCUT2D eigenvalue weighted by Crippen LogP contribution is 2.38. The van der Waals surface area contributed by atoms with Crippen molar-refractivity contribution in [3.8, 4) is 0 Å². The van der Waals surface area contributed by atoms with E-state index in [9.17, 15) is 5.11 Å². The zero-order valence-electron chi connectivity index (χ0n) is 11.0. The van der Waals surface area contributed by atoms with E-state index in [2.05, 4.69) is 20.8 Å². The summed E-state index contributed by atoms with van der Waals surface area (Å²) in [6.45, 7) is 7.43. The predicted molar refractivity (Wildman–Crippen MR) is 66.3 cm³/mol. The Morgan fingerprint density at radius 1 is 1.38 bits per heavy atom. The molecular formula is C13H27NO2. The Morgan fingerprint density at radius 2 is 2.06 bits per heavy atom. The summed E-state index contributed by atoms with van der Waals surface area (Å²) in [7, 11) is 0. The monoisotopic (exact) mass is 229 g/mol. The molecule has 1 saturated carbocycles. The minimum absolute atomic E-state index is 0.0938. The van der Waals surface area contributed by atoms with Gasteiger partial charge in [0.2, 0.25) is 0 Å². The highest BCUT2D eigenvalue weighted by molar-refractivity contribution is 4.90. The minimum atomic E-state index is -0.241. The van der Waals surface area contributed by atoms with Crippen LogP contribution in [0, 0.1) is 5.41 Å². The largest absolute Gasteiger partial charge is 0.392 e. The molecule has 3 N–H and O–H groups in total. The molecule has 1 aliphatic carbocycles. The molecule has 0 aromatic rings. The van der Waals surface area contributed by atoms with E-state index in [1.54, 1.807) is 0 Å². The molecule has 96 valence electrons. The Bertz CT molecular complexity index is 212. The van der Waals surface area contributed by atoms with E-state index in [0.29, 0.717) is 13.2 Å². The van der Waals surface area contributed by atoms with Crippen LogP contribution in [-0.4, -0.2) is 30.0 Å². The third-order valence-electron chi connectivity index (χ3n) is 3.65. The summed E-state index contributed by atoms with van der Waals surface area (Å²) in [6, 6.07) is 0. The van der Waals surface area contributed by atoms with Gasteiger partial charge in [-0.05, 0) is 40.0 Å². The second-order valence-corrected chi connectivity index (χ2v) is 6.04. The highest BCUT2D eigenvalue weighted by Gasteiger charge is 2.38. The Morgan fingerprint density at radius 3 is 2.56 bits per heavy atom. The lowest BCUT2D eigenvalue weighted by Gasteiger charge is -2.41. The van der Waals surface area contributed by atoms with Crippen molar-refractivity contribution in [2.75, 3.05) is 13.2 Å². The van der Waals surface area contributed by atoms with Crippen molar-refractivity contribution in [3.05, 3.63) is 0 Å². The molecule has 3 heteroatoms. The van der Waals surface area contributed by atoms with Crippen molar-refractivity contribution < 1.29 is 9.84 Å². The summed E-state index contributed by atoms with van der Waals surface area (Å²) in [6.07, 6.45) is 4.88. The fourth-order valence-corrected chi connectivity index (χ4v) is 2.48. The predicted octanol–water partition coefficient (Wildman–Crippen LogP) is 2.07. The van der Waals surface area contributed by atoms with Gasteiger partial charge in [-0.2, -0.15) is 0 Å². The number of ether oxygens (including phenoxy) is 1. The van der Waals surface area contributed by atoms with Crippen LogP contribution in [0.15, 0.2) is 0 Å². The number of hydrogen-bond acceptors (Lipinski definition) is 3. The molecule has 0 spiro atoms. The van der Waals surface area contributed by atoms with E-state index in [4.69, 9.17) is 10.5 Å². The molecule has 0 heterocycles. The molecule has 1 fully saturated rings. The number of aliphatic hydroxyl groups excluding tert-OH is 1. The molecule has 0 aromatic carbocycles. The van der Waals surface area contributed by atoms with Crippen LogP contribution < -0.4 is 5.73 Å². The average Bonchev–Trinajstić information content (AvgIpc) is 2.19. The van der Waals surface area contributed by atoms with Gasteiger partial charge in [-0.25, -0.2) is 0 Å². The Hall–Kier alpha value is -0.120. The first kappa shape index (κ1) is 13.9. The van der Waals surface area contributed by atoms with E-state index in [-0.39, 0.29) is 17.1 Å². The van der Waals surface area contributed by atoms with Gasteiger partial charge in [0, 0.05) is 18.6 Å². The lowest BCUT2D eigenvalue weighted by atomic mass is 9.70. The standard InChI is InChI=1S/C13H27NO2/c1-12(2,3)16-9-8-13(10-14)7-5-4-6-11(13)15/h11,15H,4-10,14H2,1-3H3. The van der Waals surface area contributed by atoms with Gasteiger partial charge in [-0.15, -0.1) is 0 Å². The van der Waals surface area contributed by atoms with Crippen LogP contribution in [0.3, 0.4) is 0 Å². The van der Waals surface area contributed by atoms with Crippen LogP contribution in [-0.2, 0) is 4.74 Å². The highest BCUT2D eigenvalue weighted by atomic mass is 16.5. The number of rotatable bonds is 4. The second-order valence-electron chi connectivity index (χ2n) is 6.04. The van der Waals surface area contributed by atoms with Crippen molar-refractivity contribution >= 4 is 0 Å². The molecule has 1 rings (SSSR count). The van der Waals surface area contributed by atoms with Gasteiger partial charge < -0.3 is 15.6 Å². The van der Waals surface area contributed by atoms with Crippen molar-refractivity contribution in [2.45, 2.75) is 64.6 Å². The second kappa shape index (κ2) is 5.48. The molecule has 1 aliphatic rings. The summed E-state index contributed by atoms with van der Waals surface area (Å²) < 4.78 is 5.74. The molecule has 0 saturated heterocycles. The Balaban J connectivity index is 2.46. The van der Waals surface area contributed by atoms with Crippen LogP contribution >= 0.6 is 0 Å². The molecule has 0 radical (unpaired) electrons. The molecular weight excluding hydrogens is 202 g/mol. The van der Waals surface area contributed by atoms with Crippen LogP contribution in [0.25, 0.3) is 0 Å². The number of nitrogens with two attached hydrogens (primary N) is 1. The fraction of sp³-hybridized carbons (Fsp3) is 1.00. The third kappa shape index (κ3) is 3.72. The van der Waals surface area contributed by atoms with Crippen LogP contribution in [0.1, 0.15) is 52.9 Å². The van der Waals surface area contributed by atoms with Crippen LogP contribution in [0.5, 0.6) is 0 Å². The van der Waals surface area contributed by atoms with Gasteiger partial charge in [0.1, 0.15) is 0 Å². The van der Waals surface area contributed by atoms with E-state index in [0.717, 1.165) is 25.7 Å². The molecule has 2 unspecified atom stereocenters. The van der Waals surface area contributed by atoms with Gasteiger partial charge in [0.05, 0.1) is 11.7 Å². The molecule has 2 atom stereocenters. The summed E-state index contributed by atoms with van der Waals surface area (Å²) in [5, 5.41) is 10.1. The van der Waals surface area contributed by atoms with E-state index in [1.165, 1.54) is 6.42 Å². The maximum Gasteiger partial charge on any atom is 0.0609 e. The van der Waals surface area contributed by atoms with Crippen molar-refractivity contribution in [1.29, 1.82) is 0 Å². The van der Waals surface area contributed by atoms with Gasteiger partial charge in [-0.3, -0.25) is 0 Å². The fourth-order valence-electron chi connectivity index (χ4n) is 2.48. The summed E-state index contributed by atoms with van der Waals surface area (Å²) in [5.41, 5.74) is 5.67. The number of aliphatic hydroxyl groups is 1. The third-order valence-corrected chi connectivity index (χ3v) is 3.65. The summed E-state index contributed by atoms with van der Waals surface area (Å²) in [4.78, 5) is 0. The molecule has 16 heavy (non-hydrogen) atoms. The molecule has 0 amide bonds. The molecule has 3 nitrogen and oxygen atoms in total. The van der Waals surface area contributed by atoms with Gasteiger partial charge in [0.15, 0.2) is 0 Å². The molecule has 0 bridgehead atoms. The lowest BCUT2D eigenvalue weighted by Crippen LogP contribution is -2.45. The normalized spacial score (nSPS) is 31.7. The maximum absolute atomic E-state index is 10.1. The van der Waals surface area contributed by atoms with Gasteiger partial charge in [-0.1, -0.05) is 12.8 Å². The van der Waals surface area contributed by atoms with E-state index < -0.39 is 0 Å². The molecule has 0 aromatic heterocycles. The first-order chi connectivity index (χ1) is 7.40. The van der Waals surface area contributed by atoms with Gasteiger partial charge >= 0.3 is 0 Å². The maximum atomic E-state index is 10.1. The Kier molecular flexibility index (Phi) is 4.77. The number of hydrogen-bond donors (Lipinski definition) is 2. The minimum Gasteiger partial charge on any atom is -0.392 e. The first-order valence-corrected chi connectivity index (χ1v) is 6.42. The SMILES string of the molecule is CC(C)(C)OCCC1(CN)CCCCC1O. The molecule has 0 aliphatic heterocycles. The quantitative estimate of drug-likeness (QED) is 0.776. The van der Waals surface area contributed by atoms with Crippen LogP contribution in [0.2, 0.25) is 0 Å². The first-order valence-electron chi connectivity index (χ1n) is 6.42. The smallest absolute Gasteiger partial charge is 0.0609 e. The van der Waals surface area contributed by atoms with Crippen LogP contribution in [0.4, 0.5) is 0 Å². The Labute approximate surface area is 99.4 Å². The summed E-state index contributed by atoms with van der Waals surface area (Å²) in [5.74, 6) is 0. The zero-order chi connectivity index (χ0) is 12.2. The van der Waals surface area contributed by atoms with E-state index >= 15 is 0 Å². The average molecular weight is 229 g/mol. The zero-order valence-corrected chi connectivity index (χ0v) is 11.0. The van der Waals surface area contributed by atoms with E-state index in [1.807, 2.05) is 0 Å². The summed E-state index contributed by atoms with van der Waals surface area (Å²) >= 11 is 0. The van der Waals surface area contributed by atoms with Gasteiger partial charge in [0.25, 0.3) is 0 Å². The van der Waals surface area contributed by atoms with Crippen molar-refractivity contribution in [3.63, 3.8) is 0 Å². The van der Waals surface area contributed by atoms with Crippen molar-refractivity contribution in [2.24, 2.45) is 11.1 Å².